The van der Waals surface area contributed by atoms with Crippen molar-refractivity contribution in [3.05, 3.63) is 52.8 Å². The van der Waals surface area contributed by atoms with Crippen LogP contribution in [0.15, 0.2) is 52.0 Å². The minimum atomic E-state index is -3.53. The smallest absolute Gasteiger partial charge is 0.244 e. The average molecular weight is 394 g/mol. The van der Waals surface area contributed by atoms with Crippen LogP contribution in [-0.2, 0) is 10.0 Å². The monoisotopic (exact) mass is 393 g/mol. The molecule has 0 aliphatic carbocycles. The lowest BCUT2D eigenvalue weighted by atomic mass is 10.2. The number of benzene rings is 1. The second-order valence-corrected chi connectivity index (χ2v) is 7.74. The number of rotatable bonds is 4. The van der Waals surface area contributed by atoms with Gasteiger partial charge in [0, 0.05) is 16.7 Å². The van der Waals surface area contributed by atoms with E-state index in [0.29, 0.717) is 10.2 Å². The predicted molar refractivity (Wildman–Crippen MR) is 86.3 cm³/mol. The van der Waals surface area contributed by atoms with Crippen LogP contribution in [0.1, 0.15) is 5.69 Å². The maximum absolute atomic E-state index is 12.5. The average Bonchev–Trinajstić information content (AvgIpc) is 2.50. The van der Waals surface area contributed by atoms with E-state index in [-0.39, 0.29) is 29.8 Å². The Morgan fingerprint density at radius 3 is 2.74 bits per heavy atom. The Hall–Kier alpha value is -1.95. The first-order valence-electron chi connectivity index (χ1n) is 6.78. The number of aromatic nitrogens is 1. The van der Waals surface area contributed by atoms with Crippen molar-refractivity contribution >= 4 is 26.0 Å². The zero-order valence-electron chi connectivity index (χ0n) is 11.9. The molecule has 3 rings (SSSR count). The molecule has 23 heavy (non-hydrogen) atoms. The SMILES string of the molecule is N#Cc1cc(OC2CN(S(=O)(=O)c3ccccc3Br)C2)ccn1. The summed E-state index contributed by atoms with van der Waals surface area (Å²) in [7, 11) is -3.53. The summed E-state index contributed by atoms with van der Waals surface area (Å²) >= 11 is 3.26. The number of hydrogen-bond donors (Lipinski definition) is 0. The molecule has 0 N–H and O–H groups in total. The first kappa shape index (κ1) is 15.9. The Bertz CT molecular complexity index is 874. The van der Waals surface area contributed by atoms with Gasteiger partial charge in [0.1, 0.15) is 23.6 Å². The lowest BCUT2D eigenvalue weighted by Crippen LogP contribution is -2.56. The van der Waals surface area contributed by atoms with E-state index in [1.807, 2.05) is 6.07 Å². The quantitative estimate of drug-likeness (QED) is 0.794. The van der Waals surface area contributed by atoms with Gasteiger partial charge in [0.05, 0.1) is 18.0 Å². The summed E-state index contributed by atoms with van der Waals surface area (Å²) in [6.45, 7) is 0.543. The molecule has 118 valence electrons. The van der Waals surface area contributed by atoms with E-state index in [9.17, 15) is 8.42 Å². The van der Waals surface area contributed by atoms with E-state index < -0.39 is 10.0 Å². The molecule has 1 saturated heterocycles. The molecule has 8 heteroatoms. The van der Waals surface area contributed by atoms with Crippen LogP contribution < -0.4 is 4.74 Å². The maximum atomic E-state index is 12.5. The highest BCUT2D eigenvalue weighted by atomic mass is 79.9. The first-order valence-corrected chi connectivity index (χ1v) is 9.01. The third-order valence-electron chi connectivity index (χ3n) is 3.42. The van der Waals surface area contributed by atoms with Crippen molar-refractivity contribution in [2.24, 2.45) is 0 Å². The lowest BCUT2D eigenvalue weighted by Gasteiger charge is -2.37. The molecule has 1 aliphatic heterocycles. The molecular formula is C15H12BrN3O3S. The van der Waals surface area contributed by atoms with Crippen LogP contribution in [0.4, 0.5) is 0 Å². The van der Waals surface area contributed by atoms with E-state index in [0.717, 1.165) is 0 Å². The van der Waals surface area contributed by atoms with Gasteiger partial charge in [0.2, 0.25) is 10.0 Å². The molecule has 0 radical (unpaired) electrons. The molecule has 1 aromatic heterocycles. The Morgan fingerprint density at radius 2 is 2.04 bits per heavy atom. The zero-order chi connectivity index (χ0) is 16.4. The van der Waals surface area contributed by atoms with Gasteiger partial charge < -0.3 is 4.74 Å². The van der Waals surface area contributed by atoms with E-state index in [1.165, 1.54) is 16.6 Å². The summed E-state index contributed by atoms with van der Waals surface area (Å²) in [6, 6.07) is 11.8. The third kappa shape index (κ3) is 3.22. The van der Waals surface area contributed by atoms with Crippen molar-refractivity contribution in [2.75, 3.05) is 13.1 Å². The number of nitriles is 1. The fourth-order valence-electron chi connectivity index (χ4n) is 2.20. The van der Waals surface area contributed by atoms with Crippen LogP contribution in [-0.4, -0.2) is 36.9 Å². The second-order valence-electron chi connectivity index (χ2n) is 4.98. The highest BCUT2D eigenvalue weighted by Crippen LogP contribution is 2.29. The number of sulfonamides is 1. The van der Waals surface area contributed by atoms with Crippen LogP contribution in [0.5, 0.6) is 5.75 Å². The van der Waals surface area contributed by atoms with E-state index >= 15 is 0 Å². The van der Waals surface area contributed by atoms with Crippen LogP contribution in [0.2, 0.25) is 0 Å². The topological polar surface area (TPSA) is 83.3 Å². The number of ether oxygens (including phenoxy) is 1. The Kier molecular flexibility index (Phi) is 4.35. The zero-order valence-corrected chi connectivity index (χ0v) is 14.3. The molecule has 0 spiro atoms. The number of halogens is 1. The molecule has 1 fully saturated rings. The lowest BCUT2D eigenvalue weighted by molar-refractivity contribution is 0.0761. The number of pyridine rings is 1. The maximum Gasteiger partial charge on any atom is 0.244 e. The van der Waals surface area contributed by atoms with Gasteiger partial charge in [-0.2, -0.15) is 9.57 Å². The summed E-state index contributed by atoms with van der Waals surface area (Å²) < 4.78 is 32.6. The third-order valence-corrected chi connectivity index (χ3v) is 6.26. The van der Waals surface area contributed by atoms with Gasteiger partial charge in [-0.3, -0.25) is 0 Å². The number of hydrogen-bond acceptors (Lipinski definition) is 5. The summed E-state index contributed by atoms with van der Waals surface area (Å²) in [4.78, 5) is 4.10. The summed E-state index contributed by atoms with van der Waals surface area (Å²) in [5, 5.41) is 8.81. The van der Waals surface area contributed by atoms with Crippen LogP contribution >= 0.6 is 15.9 Å². The van der Waals surface area contributed by atoms with E-state index in [4.69, 9.17) is 10.00 Å². The predicted octanol–water partition coefficient (Wildman–Crippen LogP) is 2.17. The van der Waals surface area contributed by atoms with Crippen molar-refractivity contribution in [3.63, 3.8) is 0 Å². The molecule has 1 aliphatic rings. The molecule has 2 aromatic rings. The van der Waals surface area contributed by atoms with Gasteiger partial charge in [0.15, 0.2) is 0 Å². The van der Waals surface area contributed by atoms with Crippen molar-refractivity contribution in [1.29, 1.82) is 5.26 Å². The molecule has 0 atom stereocenters. The summed E-state index contributed by atoms with van der Waals surface area (Å²) in [5.41, 5.74) is 0.263. The number of nitrogens with zero attached hydrogens (tertiary/aromatic N) is 3. The highest BCUT2D eigenvalue weighted by Gasteiger charge is 2.38. The van der Waals surface area contributed by atoms with E-state index in [1.54, 1.807) is 30.3 Å². The van der Waals surface area contributed by atoms with Crippen molar-refractivity contribution in [1.82, 2.24) is 9.29 Å². The van der Waals surface area contributed by atoms with Crippen molar-refractivity contribution < 1.29 is 13.2 Å². The Morgan fingerprint density at radius 1 is 1.30 bits per heavy atom. The molecule has 0 unspecified atom stereocenters. The molecule has 6 nitrogen and oxygen atoms in total. The normalized spacial score (nSPS) is 15.7. The standard InChI is InChI=1S/C15H12BrN3O3S/c16-14-3-1-2-4-15(14)23(20,21)19-9-13(10-19)22-12-5-6-18-11(7-12)8-17/h1-7,13H,9-10H2. The molecule has 0 bridgehead atoms. The minimum Gasteiger partial charge on any atom is -0.488 e. The van der Waals surface area contributed by atoms with Gasteiger partial charge in [0.25, 0.3) is 0 Å². The van der Waals surface area contributed by atoms with E-state index in [2.05, 4.69) is 20.9 Å². The van der Waals surface area contributed by atoms with Crippen molar-refractivity contribution in [3.8, 4) is 11.8 Å². The molecule has 0 amide bonds. The van der Waals surface area contributed by atoms with Crippen LogP contribution in [0, 0.1) is 11.3 Å². The van der Waals surface area contributed by atoms with Crippen molar-refractivity contribution in [2.45, 2.75) is 11.0 Å². The Balaban J connectivity index is 1.67. The molecule has 0 saturated carbocycles. The van der Waals surface area contributed by atoms with Gasteiger partial charge >= 0.3 is 0 Å². The summed E-state index contributed by atoms with van der Waals surface area (Å²) in [6.07, 6.45) is 1.25. The van der Waals surface area contributed by atoms with Gasteiger partial charge in [-0.1, -0.05) is 12.1 Å². The van der Waals surface area contributed by atoms with Gasteiger partial charge in [-0.05, 0) is 34.1 Å². The largest absolute Gasteiger partial charge is 0.488 e. The van der Waals surface area contributed by atoms with Crippen LogP contribution in [0.25, 0.3) is 0 Å². The fourth-order valence-corrected chi connectivity index (χ4v) is 4.67. The van der Waals surface area contributed by atoms with Gasteiger partial charge in [-0.25, -0.2) is 13.4 Å². The van der Waals surface area contributed by atoms with Gasteiger partial charge in [-0.15, -0.1) is 0 Å². The van der Waals surface area contributed by atoms with Crippen LogP contribution in [0.3, 0.4) is 0 Å². The Labute approximate surface area is 142 Å². The molecule has 1 aromatic carbocycles. The summed E-state index contributed by atoms with van der Waals surface area (Å²) in [5.74, 6) is 0.513. The molecule has 2 heterocycles. The second kappa shape index (κ2) is 6.28. The fraction of sp³-hybridized carbons (Fsp3) is 0.200. The molecular weight excluding hydrogens is 382 g/mol. The first-order chi connectivity index (χ1) is 11.0. The minimum absolute atomic E-state index is 0.235. The highest BCUT2D eigenvalue weighted by molar-refractivity contribution is 9.10.